The van der Waals surface area contributed by atoms with E-state index in [0.717, 1.165) is 6.54 Å². The molecule has 1 fully saturated rings. The minimum absolute atomic E-state index is 0.159. The van der Waals surface area contributed by atoms with Crippen LogP contribution in [0.25, 0.3) is 0 Å². The Kier molecular flexibility index (Phi) is 3.43. The number of phenolic OH excluding ortho intramolecular Hbond substituents is 2. The van der Waals surface area contributed by atoms with Gasteiger partial charge in [-0.25, -0.2) is 0 Å². The maximum Gasteiger partial charge on any atom is 0.257 e. The standard InChI is InChI=1S/C13H18N2O3/c1-9-8-15(7-6-14(9)2)13(18)10-4-3-5-11(16)12(10)17/h3-5,9,16-17H,6-8H2,1-2H3. The van der Waals surface area contributed by atoms with Gasteiger partial charge in [-0.15, -0.1) is 0 Å². The highest BCUT2D eigenvalue weighted by Gasteiger charge is 2.26. The monoisotopic (exact) mass is 250 g/mol. The number of rotatable bonds is 1. The van der Waals surface area contributed by atoms with E-state index >= 15 is 0 Å². The lowest BCUT2D eigenvalue weighted by Crippen LogP contribution is -2.52. The van der Waals surface area contributed by atoms with Gasteiger partial charge in [0.15, 0.2) is 11.5 Å². The molecule has 2 rings (SSSR count). The number of benzene rings is 1. The zero-order valence-electron chi connectivity index (χ0n) is 10.6. The van der Waals surface area contributed by atoms with Gasteiger partial charge in [0.2, 0.25) is 0 Å². The van der Waals surface area contributed by atoms with Gasteiger partial charge in [0.1, 0.15) is 0 Å². The molecule has 1 saturated heterocycles. The van der Waals surface area contributed by atoms with Crippen molar-refractivity contribution in [3.63, 3.8) is 0 Å². The molecule has 2 N–H and O–H groups in total. The lowest BCUT2D eigenvalue weighted by molar-refractivity contribution is 0.0569. The second kappa shape index (κ2) is 4.86. The number of hydrogen-bond acceptors (Lipinski definition) is 4. The number of phenols is 2. The number of likely N-dealkylation sites (N-methyl/N-ethyl adjacent to an activating group) is 1. The molecule has 0 spiro atoms. The van der Waals surface area contributed by atoms with Crippen LogP contribution < -0.4 is 0 Å². The Hall–Kier alpha value is -1.75. The van der Waals surface area contributed by atoms with Crippen LogP contribution in [0.15, 0.2) is 18.2 Å². The molecule has 1 heterocycles. The number of amides is 1. The Labute approximate surface area is 106 Å². The molecule has 5 heteroatoms. The lowest BCUT2D eigenvalue weighted by Gasteiger charge is -2.37. The van der Waals surface area contributed by atoms with Crippen molar-refractivity contribution in [2.75, 3.05) is 26.7 Å². The van der Waals surface area contributed by atoms with E-state index in [1.54, 1.807) is 11.0 Å². The fourth-order valence-corrected chi connectivity index (χ4v) is 2.11. The quantitative estimate of drug-likeness (QED) is 0.726. The molecule has 1 aromatic rings. The van der Waals surface area contributed by atoms with E-state index in [1.165, 1.54) is 12.1 Å². The van der Waals surface area contributed by atoms with Gasteiger partial charge in [0.05, 0.1) is 5.56 Å². The molecule has 1 aliphatic rings. The maximum absolute atomic E-state index is 12.3. The van der Waals surface area contributed by atoms with E-state index in [9.17, 15) is 15.0 Å². The summed E-state index contributed by atoms with van der Waals surface area (Å²) in [4.78, 5) is 16.2. The Morgan fingerprint density at radius 1 is 1.33 bits per heavy atom. The van der Waals surface area contributed by atoms with Crippen LogP contribution in [0.4, 0.5) is 0 Å². The van der Waals surface area contributed by atoms with Crippen molar-refractivity contribution < 1.29 is 15.0 Å². The largest absolute Gasteiger partial charge is 0.504 e. The van der Waals surface area contributed by atoms with E-state index in [2.05, 4.69) is 11.8 Å². The highest BCUT2D eigenvalue weighted by molar-refractivity contribution is 5.97. The number of carbonyl (C=O) groups excluding carboxylic acids is 1. The van der Waals surface area contributed by atoms with Gasteiger partial charge in [-0.1, -0.05) is 6.07 Å². The predicted octanol–water partition coefficient (Wildman–Crippen LogP) is 0.874. The summed E-state index contributed by atoms with van der Waals surface area (Å²) in [7, 11) is 2.03. The molecule has 5 nitrogen and oxygen atoms in total. The number of carbonyl (C=O) groups is 1. The Morgan fingerprint density at radius 3 is 2.72 bits per heavy atom. The third kappa shape index (κ3) is 2.26. The number of hydrogen-bond donors (Lipinski definition) is 2. The molecule has 1 aromatic carbocycles. The molecule has 1 unspecified atom stereocenters. The molecule has 98 valence electrons. The number of nitrogens with zero attached hydrogens (tertiary/aromatic N) is 2. The highest BCUT2D eigenvalue weighted by atomic mass is 16.3. The summed E-state index contributed by atoms with van der Waals surface area (Å²) >= 11 is 0. The molecule has 1 aliphatic heterocycles. The third-order valence-electron chi connectivity index (χ3n) is 3.49. The van der Waals surface area contributed by atoms with Crippen molar-refractivity contribution in [1.29, 1.82) is 0 Å². The molecule has 0 bridgehead atoms. The van der Waals surface area contributed by atoms with E-state index in [4.69, 9.17) is 0 Å². The van der Waals surface area contributed by atoms with E-state index < -0.39 is 0 Å². The van der Waals surface area contributed by atoms with Crippen LogP contribution in [0, 0.1) is 0 Å². The molecule has 0 saturated carbocycles. The number of para-hydroxylation sites is 1. The molecular formula is C13H18N2O3. The highest BCUT2D eigenvalue weighted by Crippen LogP contribution is 2.29. The SMILES string of the molecule is CC1CN(C(=O)c2cccc(O)c2O)CCN1C. The minimum atomic E-state index is -0.339. The minimum Gasteiger partial charge on any atom is -0.504 e. The molecule has 0 aromatic heterocycles. The summed E-state index contributed by atoms with van der Waals surface area (Å²) < 4.78 is 0. The lowest BCUT2D eigenvalue weighted by atomic mass is 10.1. The molecule has 0 radical (unpaired) electrons. The average molecular weight is 250 g/mol. The maximum atomic E-state index is 12.3. The molecule has 0 aliphatic carbocycles. The fourth-order valence-electron chi connectivity index (χ4n) is 2.11. The fraction of sp³-hybridized carbons (Fsp3) is 0.462. The second-order valence-corrected chi connectivity index (χ2v) is 4.75. The zero-order chi connectivity index (χ0) is 13.3. The van der Waals surface area contributed by atoms with Gasteiger partial charge in [0, 0.05) is 25.7 Å². The van der Waals surface area contributed by atoms with Gasteiger partial charge in [-0.3, -0.25) is 4.79 Å². The van der Waals surface area contributed by atoms with E-state index in [-0.39, 0.29) is 23.0 Å². The van der Waals surface area contributed by atoms with Crippen molar-refractivity contribution in [3.8, 4) is 11.5 Å². The molecule has 1 atom stereocenters. The van der Waals surface area contributed by atoms with Crippen molar-refractivity contribution in [3.05, 3.63) is 23.8 Å². The second-order valence-electron chi connectivity index (χ2n) is 4.75. The first-order valence-electron chi connectivity index (χ1n) is 6.01. The predicted molar refractivity (Wildman–Crippen MR) is 67.8 cm³/mol. The third-order valence-corrected chi connectivity index (χ3v) is 3.49. The molecule has 18 heavy (non-hydrogen) atoms. The Morgan fingerprint density at radius 2 is 2.06 bits per heavy atom. The number of piperazine rings is 1. The van der Waals surface area contributed by atoms with Crippen molar-refractivity contribution in [2.45, 2.75) is 13.0 Å². The van der Waals surface area contributed by atoms with Crippen LogP contribution in [0.3, 0.4) is 0 Å². The van der Waals surface area contributed by atoms with Gasteiger partial charge in [-0.2, -0.15) is 0 Å². The summed E-state index contributed by atoms with van der Waals surface area (Å²) in [5.74, 6) is -0.833. The Bertz CT molecular complexity index is 462. The van der Waals surface area contributed by atoms with Crippen LogP contribution in [0.1, 0.15) is 17.3 Å². The topological polar surface area (TPSA) is 64.0 Å². The summed E-state index contributed by atoms with van der Waals surface area (Å²) in [6.45, 7) is 4.13. The van der Waals surface area contributed by atoms with Gasteiger partial charge in [-0.05, 0) is 26.1 Å². The first-order chi connectivity index (χ1) is 8.50. The van der Waals surface area contributed by atoms with Crippen molar-refractivity contribution >= 4 is 5.91 Å². The molecule has 1 amide bonds. The van der Waals surface area contributed by atoms with E-state index in [1.807, 2.05) is 7.05 Å². The van der Waals surface area contributed by atoms with Gasteiger partial charge < -0.3 is 20.0 Å². The first-order valence-corrected chi connectivity index (χ1v) is 6.01. The van der Waals surface area contributed by atoms with Crippen molar-refractivity contribution in [2.24, 2.45) is 0 Å². The van der Waals surface area contributed by atoms with Crippen molar-refractivity contribution in [1.82, 2.24) is 9.80 Å². The smallest absolute Gasteiger partial charge is 0.257 e. The van der Waals surface area contributed by atoms with Crippen LogP contribution in [-0.4, -0.2) is 58.6 Å². The van der Waals surface area contributed by atoms with Crippen LogP contribution in [0.2, 0.25) is 0 Å². The van der Waals surface area contributed by atoms with E-state index in [0.29, 0.717) is 19.1 Å². The summed E-state index contributed by atoms with van der Waals surface area (Å²) in [5.41, 5.74) is 0.159. The normalized spacial score (nSPS) is 21.0. The van der Waals surface area contributed by atoms with Gasteiger partial charge >= 0.3 is 0 Å². The summed E-state index contributed by atoms with van der Waals surface area (Å²) in [6.07, 6.45) is 0. The zero-order valence-corrected chi connectivity index (χ0v) is 10.6. The first kappa shape index (κ1) is 12.7. The summed E-state index contributed by atoms with van der Waals surface area (Å²) in [6, 6.07) is 4.74. The van der Waals surface area contributed by atoms with Crippen LogP contribution in [-0.2, 0) is 0 Å². The average Bonchev–Trinajstić information content (AvgIpc) is 2.35. The molecular weight excluding hydrogens is 232 g/mol. The number of aromatic hydroxyl groups is 2. The van der Waals surface area contributed by atoms with Crippen LogP contribution in [0.5, 0.6) is 11.5 Å². The Balaban J connectivity index is 2.19. The van der Waals surface area contributed by atoms with Crippen LogP contribution >= 0.6 is 0 Å². The summed E-state index contributed by atoms with van der Waals surface area (Å²) in [5, 5.41) is 19.1. The van der Waals surface area contributed by atoms with Gasteiger partial charge in [0.25, 0.3) is 5.91 Å².